The predicted molar refractivity (Wildman–Crippen MR) is 224 cm³/mol. The quantitative estimate of drug-likeness (QED) is 0.132. The lowest BCUT2D eigenvalue weighted by Crippen LogP contribution is -2.42. The molecule has 2 fully saturated rings. The van der Waals surface area contributed by atoms with E-state index in [9.17, 15) is 19.2 Å². The molecule has 0 spiro atoms. The fourth-order valence-corrected chi connectivity index (χ4v) is 8.94. The molecule has 6 heterocycles. The average molecular weight is 823 g/mol. The summed E-state index contributed by atoms with van der Waals surface area (Å²) < 4.78 is 9.68. The van der Waals surface area contributed by atoms with Gasteiger partial charge in [0.05, 0.1) is 67.2 Å². The second kappa shape index (κ2) is 16.9. The standard InChI is InChI=1S/C45H46N10O6/c1-60-44(58)52-38(26-11-5-3-6-12-26)42(56)54-19-9-15-36(54)40-46-24-34(50-40)30-18-17-28-21-29-22-33(49-32(29)23-31(28)48-30)35-25-47-41(51-35)37-16-10-20-55(37)43(57)39(53-45(59)61-2)27-13-7-4-8-14-27/h3-8,11-14,17-18,22,24-25,29,36-39H,9-10,15-16,19-21,23H2,1-2H3,(H,46,50)(H,47,51)(H,52,58)(H,53,59)/t29?,36-,37+,38+,39-/m0/s1. The minimum absolute atomic E-state index is 0.125. The molecule has 2 aromatic carbocycles. The minimum Gasteiger partial charge on any atom is -0.453 e. The molecule has 16 nitrogen and oxygen atoms in total. The van der Waals surface area contributed by atoms with Crippen LogP contribution in [0.1, 0.15) is 89.6 Å². The maximum atomic E-state index is 14.0. The van der Waals surface area contributed by atoms with Gasteiger partial charge in [-0.05, 0) is 60.9 Å². The number of H-pyrrole nitrogens is 2. The first-order valence-electron chi connectivity index (χ1n) is 20.6. The zero-order valence-corrected chi connectivity index (χ0v) is 33.8. The van der Waals surface area contributed by atoms with Crippen LogP contribution in [0.4, 0.5) is 9.59 Å². The lowest BCUT2D eigenvalue weighted by molar-refractivity contribution is -0.135. The third kappa shape index (κ3) is 7.88. The topological polar surface area (TPSA) is 200 Å². The number of carbonyl (C=O) groups excluding carboxylic acids is 4. The highest BCUT2D eigenvalue weighted by Crippen LogP contribution is 2.38. The Kier molecular flexibility index (Phi) is 10.9. The van der Waals surface area contributed by atoms with E-state index in [2.05, 4.69) is 32.7 Å². The number of nitrogens with zero attached hydrogens (tertiary/aromatic N) is 6. The second-order valence-corrected chi connectivity index (χ2v) is 15.6. The van der Waals surface area contributed by atoms with Crippen molar-refractivity contribution in [3.8, 4) is 11.4 Å². The number of carbonyl (C=O) groups is 4. The summed E-state index contributed by atoms with van der Waals surface area (Å²) in [5, 5.41) is 5.43. The van der Waals surface area contributed by atoms with Crippen LogP contribution in [0.15, 0.2) is 96.3 Å². The van der Waals surface area contributed by atoms with Crippen LogP contribution in [0.3, 0.4) is 0 Å². The van der Waals surface area contributed by atoms with E-state index in [1.54, 1.807) is 22.2 Å². The summed E-state index contributed by atoms with van der Waals surface area (Å²) in [6.07, 6.45) is 8.77. The number of methoxy groups -OCH3 is 2. The van der Waals surface area contributed by atoms with Crippen LogP contribution in [0.5, 0.6) is 0 Å². The number of pyridine rings is 1. The lowest BCUT2D eigenvalue weighted by Gasteiger charge is -2.28. The number of hydrogen-bond donors (Lipinski definition) is 4. The van der Waals surface area contributed by atoms with E-state index in [-0.39, 0.29) is 29.8 Å². The Morgan fingerprint density at radius 2 is 1.26 bits per heavy atom. The molecule has 0 radical (unpaired) electrons. The first-order valence-corrected chi connectivity index (χ1v) is 20.6. The van der Waals surface area contributed by atoms with E-state index in [0.717, 1.165) is 71.9 Å². The number of aliphatic imine (C=N–C) groups is 1. The molecule has 4 aliphatic rings. The first kappa shape index (κ1) is 39.4. The van der Waals surface area contributed by atoms with E-state index in [4.69, 9.17) is 29.4 Å². The van der Waals surface area contributed by atoms with Crippen LogP contribution >= 0.6 is 0 Å². The van der Waals surface area contributed by atoms with Gasteiger partial charge in [-0.3, -0.25) is 19.6 Å². The smallest absolute Gasteiger partial charge is 0.407 e. The molecule has 1 unspecified atom stereocenters. The monoisotopic (exact) mass is 822 g/mol. The number of alkyl carbamates (subject to hydrolysis) is 2. The van der Waals surface area contributed by atoms with Gasteiger partial charge < -0.3 is 39.9 Å². The SMILES string of the molecule is COC(=O)N[C@H](C(=O)N1CCC[C@@H]1c1ncc(C2=CC3Cc4ccc(-c5cnc([C@@H]6CCCN6C(=O)[C@H](NC(=O)OC)c6ccccc6)[nH]5)nc4CC3=N2)[nH]1)c1ccccc1. The van der Waals surface area contributed by atoms with Crippen LogP contribution in [-0.4, -0.2) is 91.7 Å². The van der Waals surface area contributed by atoms with Gasteiger partial charge in [-0.2, -0.15) is 0 Å². The molecule has 4 N–H and O–H groups in total. The highest BCUT2D eigenvalue weighted by atomic mass is 16.5. The maximum absolute atomic E-state index is 14.0. The van der Waals surface area contributed by atoms with Crippen molar-refractivity contribution < 1.29 is 28.7 Å². The number of aromatic amines is 2. The fourth-order valence-electron chi connectivity index (χ4n) is 8.94. The third-order valence-electron chi connectivity index (χ3n) is 12.0. The van der Waals surface area contributed by atoms with Crippen molar-refractivity contribution in [1.29, 1.82) is 0 Å². The third-order valence-corrected chi connectivity index (χ3v) is 12.0. The van der Waals surface area contributed by atoms with Crippen LogP contribution in [-0.2, 0) is 31.9 Å². The Bertz CT molecular complexity index is 2520. The second-order valence-electron chi connectivity index (χ2n) is 15.6. The molecule has 5 atom stereocenters. The number of imidazole rings is 2. The molecule has 9 rings (SSSR count). The highest BCUT2D eigenvalue weighted by molar-refractivity contribution is 6.00. The van der Waals surface area contributed by atoms with Crippen LogP contribution in [0.25, 0.3) is 17.1 Å². The van der Waals surface area contributed by atoms with E-state index < -0.39 is 24.3 Å². The Labute approximate surface area is 351 Å². The van der Waals surface area contributed by atoms with E-state index >= 15 is 0 Å². The number of amides is 4. The van der Waals surface area contributed by atoms with Crippen LogP contribution in [0.2, 0.25) is 0 Å². The number of aromatic nitrogens is 5. The summed E-state index contributed by atoms with van der Waals surface area (Å²) in [7, 11) is 2.55. The minimum atomic E-state index is -0.900. The molecule has 0 saturated carbocycles. The summed E-state index contributed by atoms with van der Waals surface area (Å²) in [5.74, 6) is 1.01. The van der Waals surface area contributed by atoms with Gasteiger partial charge in [-0.15, -0.1) is 0 Å². The molecule has 312 valence electrons. The number of benzene rings is 2. The normalized spacial score (nSPS) is 20.2. The molecule has 4 amide bonds. The fraction of sp³-hybridized carbons (Fsp3) is 0.333. The van der Waals surface area contributed by atoms with Crippen LogP contribution in [0, 0.1) is 5.92 Å². The van der Waals surface area contributed by atoms with Gasteiger partial charge >= 0.3 is 12.2 Å². The summed E-state index contributed by atoms with van der Waals surface area (Å²) in [6, 6.07) is 20.0. The van der Waals surface area contributed by atoms with Gasteiger partial charge in [0.2, 0.25) is 0 Å². The summed E-state index contributed by atoms with van der Waals surface area (Å²) in [4.78, 5) is 82.5. The van der Waals surface area contributed by atoms with E-state index in [1.807, 2.05) is 66.7 Å². The molecule has 5 aromatic rings. The zero-order chi connectivity index (χ0) is 42.0. The number of hydrogen-bond acceptors (Lipinski definition) is 10. The molecule has 16 heteroatoms. The Morgan fingerprint density at radius 1 is 0.721 bits per heavy atom. The van der Waals surface area contributed by atoms with Gasteiger partial charge in [0, 0.05) is 31.1 Å². The van der Waals surface area contributed by atoms with Crippen molar-refractivity contribution >= 4 is 35.4 Å². The van der Waals surface area contributed by atoms with Crippen molar-refractivity contribution in [2.75, 3.05) is 27.3 Å². The Morgan fingerprint density at radius 3 is 1.82 bits per heavy atom. The number of nitrogens with one attached hydrogen (secondary N) is 4. The molecule has 2 saturated heterocycles. The first-order chi connectivity index (χ1) is 29.8. The van der Waals surface area contributed by atoms with Crippen LogP contribution < -0.4 is 10.6 Å². The Balaban J connectivity index is 0.883. The lowest BCUT2D eigenvalue weighted by atomic mass is 9.85. The maximum Gasteiger partial charge on any atom is 0.407 e. The molecule has 3 aliphatic heterocycles. The van der Waals surface area contributed by atoms with Gasteiger partial charge in [0.15, 0.2) is 0 Å². The molecule has 61 heavy (non-hydrogen) atoms. The number of ether oxygens (including phenoxy) is 2. The Hall–Kier alpha value is -7.10. The van der Waals surface area contributed by atoms with Gasteiger partial charge in [-0.1, -0.05) is 66.7 Å². The van der Waals surface area contributed by atoms with E-state index in [1.165, 1.54) is 14.2 Å². The van der Waals surface area contributed by atoms with Gasteiger partial charge in [0.1, 0.15) is 23.7 Å². The van der Waals surface area contributed by atoms with Crippen molar-refractivity contribution in [3.05, 3.63) is 131 Å². The molecule has 3 aromatic heterocycles. The summed E-state index contributed by atoms with van der Waals surface area (Å²) in [5.41, 5.74) is 7.56. The van der Waals surface area contributed by atoms with E-state index in [0.29, 0.717) is 42.3 Å². The number of likely N-dealkylation sites (tertiary alicyclic amines) is 2. The number of fused-ring (bicyclic) bond motifs is 2. The molecule has 0 bridgehead atoms. The largest absolute Gasteiger partial charge is 0.453 e. The number of allylic oxidation sites excluding steroid dienone is 1. The average Bonchev–Trinajstić information content (AvgIpc) is 4.15. The molecule has 1 aliphatic carbocycles. The van der Waals surface area contributed by atoms with Crippen molar-refractivity contribution in [1.82, 2.24) is 45.4 Å². The number of rotatable bonds is 10. The summed E-state index contributed by atoms with van der Waals surface area (Å²) in [6.45, 7) is 1.07. The van der Waals surface area contributed by atoms with Gasteiger partial charge in [0.25, 0.3) is 11.8 Å². The molecular weight excluding hydrogens is 777 g/mol. The molecular formula is C45H46N10O6. The van der Waals surface area contributed by atoms with Crippen molar-refractivity contribution in [3.63, 3.8) is 0 Å². The summed E-state index contributed by atoms with van der Waals surface area (Å²) >= 11 is 0. The highest BCUT2D eigenvalue weighted by Gasteiger charge is 2.39. The van der Waals surface area contributed by atoms with Gasteiger partial charge in [-0.25, -0.2) is 19.6 Å². The van der Waals surface area contributed by atoms with Crippen molar-refractivity contribution in [2.45, 2.75) is 62.7 Å². The predicted octanol–water partition coefficient (Wildman–Crippen LogP) is 5.93. The van der Waals surface area contributed by atoms with Crippen molar-refractivity contribution in [2.24, 2.45) is 10.9 Å². The zero-order valence-electron chi connectivity index (χ0n) is 33.8.